The molecule has 6 amide bonds. The summed E-state index contributed by atoms with van der Waals surface area (Å²) in [5.74, 6) is -4.93. The summed E-state index contributed by atoms with van der Waals surface area (Å²) in [5.41, 5.74) is 8.41. The third-order valence-electron chi connectivity index (χ3n) is 11.6. The fraction of sp³-hybridized carbons (Fsp3) is 0.562. The average Bonchev–Trinajstić information content (AvgIpc) is 4.00. The zero-order chi connectivity index (χ0) is 50.3. The average molecular weight is 983 g/mol. The molecular formula is C48H71N8O12P. The number of hydrogen-bond donors (Lipinski definition) is 8. The fourth-order valence-corrected chi connectivity index (χ4v) is 8.92. The second-order valence-electron chi connectivity index (χ2n) is 17.8. The van der Waals surface area contributed by atoms with Crippen LogP contribution in [0.25, 0.3) is 0 Å². The molecule has 2 heterocycles. The molecule has 4 rings (SSSR count). The van der Waals surface area contributed by atoms with E-state index in [1.165, 1.54) is 42.4 Å². The number of likely N-dealkylation sites (tertiary alicyclic amines) is 1. The largest absolute Gasteiger partial charge is 0.472 e. The standard InChI is InChI=1S/C48H71N8O12P/c1-32(2)25-39(53-48(63)42-27-38(29-56(42)34(4)58)66-23-16-14-22-36-20-12-8-13-21-36)45(60)52-40(26-37-28-50-31-51-37)46(61)54-41(30-57)47(62)55-43(44(49)59)33(3)68-69(64,65)67-24-15-6-5-9-17-35-18-10-7-11-19-35/h7-8,10-13,18-21,28,31-33,38-43,57H,5-6,9,14-17,22-27,29-30H2,1-4H3,(H2,49,59)(H,50,51)(H,52,60)(H,53,63)(H,54,61)(H,55,62)(H,64,65)/t33-,38-,39+,40+,41+,42+,43?/m1/s1. The van der Waals surface area contributed by atoms with Crippen LogP contribution in [0.2, 0.25) is 0 Å². The highest BCUT2D eigenvalue weighted by molar-refractivity contribution is 7.47. The summed E-state index contributed by atoms with van der Waals surface area (Å²) in [5, 5.41) is 20.3. The number of ether oxygens (including phenoxy) is 1. The number of aliphatic hydroxyl groups excluding tert-OH is 1. The van der Waals surface area contributed by atoms with E-state index >= 15 is 0 Å². The molecule has 3 aromatic rings. The van der Waals surface area contributed by atoms with Gasteiger partial charge in [-0.3, -0.25) is 37.8 Å². The summed E-state index contributed by atoms with van der Waals surface area (Å²) in [6.45, 7) is 5.84. The first-order valence-electron chi connectivity index (χ1n) is 23.7. The number of nitrogens with zero attached hydrogens (tertiary/aromatic N) is 2. The number of unbranched alkanes of at least 4 members (excludes halogenated alkanes) is 4. The number of imidazole rings is 1. The van der Waals surface area contributed by atoms with E-state index in [4.69, 9.17) is 19.5 Å². The van der Waals surface area contributed by atoms with Crippen LogP contribution in [-0.2, 0) is 66.4 Å². The van der Waals surface area contributed by atoms with Gasteiger partial charge < -0.3 is 51.6 Å². The number of primary amides is 1. The Bertz CT molecular complexity index is 2120. The third-order valence-corrected chi connectivity index (χ3v) is 12.7. The number of aryl methyl sites for hydroxylation is 2. The van der Waals surface area contributed by atoms with Gasteiger partial charge in [-0.05, 0) is 68.9 Å². The fourth-order valence-electron chi connectivity index (χ4n) is 7.96. The number of nitrogens with one attached hydrogen (secondary N) is 5. The Hall–Kier alpha value is -5.50. The predicted molar refractivity (Wildman–Crippen MR) is 256 cm³/mol. The summed E-state index contributed by atoms with van der Waals surface area (Å²) < 4.78 is 29.1. The maximum absolute atomic E-state index is 14.0. The third kappa shape index (κ3) is 19.8. The Morgan fingerprint density at radius 2 is 1.39 bits per heavy atom. The van der Waals surface area contributed by atoms with Crippen molar-refractivity contribution in [1.29, 1.82) is 0 Å². The lowest BCUT2D eigenvalue weighted by Gasteiger charge is -2.28. The summed E-state index contributed by atoms with van der Waals surface area (Å²) in [6.07, 6.45) is 7.60. The number of aromatic amines is 1. The van der Waals surface area contributed by atoms with Crippen LogP contribution in [0.5, 0.6) is 0 Å². The second kappa shape index (κ2) is 28.9. The molecule has 8 atom stereocenters. The van der Waals surface area contributed by atoms with Crippen LogP contribution in [0, 0.1) is 5.92 Å². The van der Waals surface area contributed by atoms with Crippen molar-refractivity contribution >= 4 is 43.3 Å². The van der Waals surface area contributed by atoms with E-state index in [1.54, 1.807) is 0 Å². The maximum atomic E-state index is 14.0. The number of benzene rings is 2. The number of phosphoric ester groups is 1. The van der Waals surface area contributed by atoms with E-state index in [0.717, 1.165) is 44.9 Å². The van der Waals surface area contributed by atoms with Crippen LogP contribution in [-0.4, -0.2) is 129 Å². The Labute approximate surface area is 404 Å². The van der Waals surface area contributed by atoms with Gasteiger partial charge in [0.1, 0.15) is 30.2 Å². The van der Waals surface area contributed by atoms with Crippen molar-refractivity contribution in [2.24, 2.45) is 11.7 Å². The number of carbonyl (C=O) groups is 6. The number of carbonyl (C=O) groups excluding carboxylic acids is 6. The number of nitrogens with two attached hydrogens (primary N) is 1. The smallest absolute Gasteiger partial charge is 0.394 e. The zero-order valence-corrected chi connectivity index (χ0v) is 40.9. The zero-order valence-electron chi connectivity index (χ0n) is 40.0. The highest BCUT2D eigenvalue weighted by Gasteiger charge is 2.41. The van der Waals surface area contributed by atoms with Gasteiger partial charge in [0, 0.05) is 44.8 Å². The van der Waals surface area contributed by atoms with Crippen molar-refractivity contribution in [2.45, 2.75) is 141 Å². The van der Waals surface area contributed by atoms with Crippen LogP contribution >= 0.6 is 7.82 Å². The lowest BCUT2D eigenvalue weighted by atomic mass is 10.0. The number of phosphoric acid groups is 1. The first-order valence-corrected chi connectivity index (χ1v) is 25.2. The molecule has 1 aliphatic rings. The van der Waals surface area contributed by atoms with E-state index in [1.807, 2.05) is 62.4 Å². The Balaban J connectivity index is 1.33. The molecule has 0 saturated carbocycles. The highest BCUT2D eigenvalue weighted by Crippen LogP contribution is 2.45. The van der Waals surface area contributed by atoms with Crippen molar-refractivity contribution in [3.8, 4) is 0 Å². The number of aromatic nitrogens is 2. The highest BCUT2D eigenvalue weighted by atomic mass is 31.2. The van der Waals surface area contributed by atoms with Crippen molar-refractivity contribution in [1.82, 2.24) is 36.1 Å². The van der Waals surface area contributed by atoms with Gasteiger partial charge in [0.05, 0.1) is 31.7 Å². The van der Waals surface area contributed by atoms with E-state index in [0.29, 0.717) is 18.7 Å². The summed E-state index contributed by atoms with van der Waals surface area (Å²) in [6, 6.07) is 13.2. The molecule has 1 fully saturated rings. The molecule has 20 nitrogen and oxygen atoms in total. The van der Waals surface area contributed by atoms with E-state index in [9.17, 15) is 43.3 Å². The number of aliphatic hydroxyl groups is 1. The van der Waals surface area contributed by atoms with E-state index in [2.05, 4.69) is 43.4 Å². The molecule has 380 valence electrons. The molecule has 0 aliphatic carbocycles. The minimum atomic E-state index is -4.73. The second-order valence-corrected chi connectivity index (χ2v) is 19.2. The van der Waals surface area contributed by atoms with Gasteiger partial charge in [0.15, 0.2) is 0 Å². The molecule has 9 N–H and O–H groups in total. The topological polar surface area (TPSA) is 294 Å². The van der Waals surface area contributed by atoms with E-state index < -0.39 is 86.4 Å². The van der Waals surface area contributed by atoms with Crippen LogP contribution < -0.4 is 27.0 Å². The summed E-state index contributed by atoms with van der Waals surface area (Å²) >= 11 is 0. The summed E-state index contributed by atoms with van der Waals surface area (Å²) in [4.78, 5) is 99.1. The molecule has 1 aromatic heterocycles. The monoisotopic (exact) mass is 982 g/mol. The van der Waals surface area contributed by atoms with Crippen LogP contribution in [0.15, 0.2) is 73.2 Å². The van der Waals surface area contributed by atoms with Gasteiger partial charge >= 0.3 is 7.82 Å². The molecule has 0 bridgehead atoms. The maximum Gasteiger partial charge on any atom is 0.472 e. The minimum absolute atomic E-state index is 0.107. The van der Waals surface area contributed by atoms with E-state index in [-0.39, 0.29) is 44.2 Å². The first-order chi connectivity index (χ1) is 33.0. The van der Waals surface area contributed by atoms with Gasteiger partial charge in [-0.2, -0.15) is 0 Å². The first kappa shape index (κ1) is 56.1. The summed E-state index contributed by atoms with van der Waals surface area (Å²) in [7, 11) is -4.73. The molecule has 21 heteroatoms. The van der Waals surface area contributed by atoms with Crippen molar-refractivity contribution < 1.29 is 57.1 Å². The molecule has 0 radical (unpaired) electrons. The Morgan fingerprint density at radius 3 is 1.97 bits per heavy atom. The van der Waals surface area contributed by atoms with Gasteiger partial charge in [-0.1, -0.05) is 87.4 Å². The number of hydrogen-bond acceptors (Lipinski definition) is 12. The van der Waals surface area contributed by atoms with Gasteiger partial charge in [-0.25, -0.2) is 9.55 Å². The van der Waals surface area contributed by atoms with Gasteiger partial charge in [0.25, 0.3) is 0 Å². The SMILES string of the molecule is CC(=O)N1C[C@H](OCCCCc2ccccc2)C[C@H]1C(=O)N[C@@H](CC(C)C)C(=O)N[C@@H](Cc1cnc[nH]1)C(=O)N[C@@H](CO)C(=O)NC(C(N)=O)[C@@H](C)OP(=O)(O)OCCCCCCc1ccccc1. The molecule has 1 aliphatic heterocycles. The van der Waals surface area contributed by atoms with Crippen LogP contribution in [0.4, 0.5) is 0 Å². The van der Waals surface area contributed by atoms with Crippen molar-refractivity contribution in [3.05, 3.63) is 90.0 Å². The molecule has 0 spiro atoms. The lowest BCUT2D eigenvalue weighted by molar-refractivity contribution is -0.139. The lowest BCUT2D eigenvalue weighted by Crippen LogP contribution is -2.61. The van der Waals surface area contributed by atoms with Crippen LogP contribution in [0.3, 0.4) is 0 Å². The quantitative estimate of drug-likeness (QED) is 0.0341. The van der Waals surface area contributed by atoms with Gasteiger partial charge in [0.2, 0.25) is 35.4 Å². The molecule has 2 aromatic carbocycles. The van der Waals surface area contributed by atoms with Crippen molar-refractivity contribution in [2.75, 3.05) is 26.4 Å². The molecule has 69 heavy (non-hydrogen) atoms. The predicted octanol–water partition coefficient (Wildman–Crippen LogP) is 2.77. The normalized spacial score (nSPS) is 17.8. The minimum Gasteiger partial charge on any atom is -0.394 e. The number of H-pyrrole nitrogens is 1. The Kier molecular flexibility index (Phi) is 23.5. The van der Waals surface area contributed by atoms with Crippen LogP contribution in [0.1, 0.15) is 95.9 Å². The number of amides is 6. The molecule has 2 unspecified atom stereocenters. The molecular weight excluding hydrogens is 912 g/mol. The molecule has 1 saturated heterocycles. The van der Waals surface area contributed by atoms with Gasteiger partial charge in [-0.15, -0.1) is 0 Å². The van der Waals surface area contributed by atoms with Crippen molar-refractivity contribution in [3.63, 3.8) is 0 Å². The number of rotatable bonds is 31. The Morgan fingerprint density at radius 1 is 0.812 bits per heavy atom.